The molecule has 0 aliphatic heterocycles. The molecule has 0 amide bonds. The number of anilines is 1. The minimum Gasteiger partial charge on any atom is -0.397 e. The number of rotatable bonds is 3. The number of hydrogen-bond acceptors (Lipinski definition) is 3. The fraction of sp³-hybridized carbons (Fsp3) is 0.154. The largest absolute Gasteiger partial charge is 0.433 e. The normalized spacial score (nSPS) is 11.6. The van der Waals surface area contributed by atoms with Crippen LogP contribution in [0.1, 0.15) is 11.3 Å². The van der Waals surface area contributed by atoms with Crippen LogP contribution in [0.5, 0.6) is 0 Å². The van der Waals surface area contributed by atoms with E-state index in [1.807, 2.05) is 12.1 Å². The molecule has 0 aliphatic rings. The lowest BCUT2D eigenvalue weighted by Crippen LogP contribution is -2.08. The summed E-state index contributed by atoms with van der Waals surface area (Å²) in [5.41, 5.74) is 5.89. The van der Waals surface area contributed by atoms with Crippen molar-refractivity contribution < 1.29 is 13.2 Å². The fourth-order valence-electron chi connectivity index (χ4n) is 1.47. The van der Waals surface area contributed by atoms with Crippen LogP contribution in [0.25, 0.3) is 0 Å². The second-order valence-electron chi connectivity index (χ2n) is 4.02. The van der Waals surface area contributed by atoms with Gasteiger partial charge in [-0.3, -0.25) is 0 Å². The van der Waals surface area contributed by atoms with E-state index in [-0.39, 0.29) is 5.69 Å². The Morgan fingerprint density at radius 1 is 1.20 bits per heavy atom. The third-order valence-corrected chi connectivity index (χ3v) is 3.89. The highest BCUT2D eigenvalue weighted by atomic mass is 35.5. The van der Waals surface area contributed by atoms with Crippen molar-refractivity contribution in [3.8, 4) is 0 Å². The van der Waals surface area contributed by atoms with Gasteiger partial charge in [0.05, 0.1) is 11.9 Å². The van der Waals surface area contributed by atoms with Crippen molar-refractivity contribution >= 4 is 29.1 Å². The Bertz CT molecular complexity index is 600. The van der Waals surface area contributed by atoms with Crippen LogP contribution in [0.4, 0.5) is 18.9 Å². The molecule has 1 heterocycles. The van der Waals surface area contributed by atoms with Crippen LogP contribution in [0.3, 0.4) is 0 Å². The van der Waals surface area contributed by atoms with Gasteiger partial charge in [0, 0.05) is 15.7 Å². The molecule has 2 nitrogen and oxygen atoms in total. The van der Waals surface area contributed by atoms with E-state index in [1.54, 1.807) is 12.1 Å². The van der Waals surface area contributed by atoms with E-state index in [1.165, 1.54) is 11.8 Å². The number of pyridine rings is 1. The molecule has 1 aromatic heterocycles. The molecular formula is C13H10ClF3N2S. The molecule has 0 fully saturated rings. The second kappa shape index (κ2) is 5.93. The van der Waals surface area contributed by atoms with Crippen molar-refractivity contribution in [3.63, 3.8) is 0 Å². The molecule has 0 unspecified atom stereocenters. The Balaban J connectivity index is 2.14. The van der Waals surface area contributed by atoms with Gasteiger partial charge in [0.25, 0.3) is 0 Å². The Kier molecular flexibility index (Phi) is 4.45. The van der Waals surface area contributed by atoms with Crippen LogP contribution in [-0.4, -0.2) is 4.98 Å². The Morgan fingerprint density at radius 3 is 2.45 bits per heavy atom. The van der Waals surface area contributed by atoms with Gasteiger partial charge in [0.15, 0.2) is 0 Å². The molecule has 0 bridgehead atoms. The Hall–Kier alpha value is -1.40. The van der Waals surface area contributed by atoms with Gasteiger partial charge in [0.1, 0.15) is 5.69 Å². The summed E-state index contributed by atoms with van der Waals surface area (Å²) in [7, 11) is 0. The van der Waals surface area contributed by atoms with Gasteiger partial charge in [-0.05, 0) is 23.8 Å². The standard InChI is InChI=1S/C13H10ClF3N2S/c14-9-3-1-8(2-4-9)7-20-11-5-12(13(15,16)17)19-6-10(11)18/h1-6H,7,18H2. The summed E-state index contributed by atoms with van der Waals surface area (Å²) in [5, 5.41) is 0.613. The molecule has 0 aliphatic carbocycles. The van der Waals surface area contributed by atoms with Gasteiger partial charge in [-0.2, -0.15) is 13.2 Å². The van der Waals surface area contributed by atoms with Crippen molar-refractivity contribution in [1.29, 1.82) is 0 Å². The lowest BCUT2D eigenvalue weighted by molar-refractivity contribution is -0.141. The molecule has 0 saturated heterocycles. The minimum atomic E-state index is -4.47. The van der Waals surface area contributed by atoms with Gasteiger partial charge in [0.2, 0.25) is 0 Å². The van der Waals surface area contributed by atoms with E-state index in [0.717, 1.165) is 17.8 Å². The average Bonchev–Trinajstić information content (AvgIpc) is 2.38. The van der Waals surface area contributed by atoms with Crippen LogP contribution < -0.4 is 5.73 Å². The molecule has 20 heavy (non-hydrogen) atoms. The first kappa shape index (κ1) is 15.0. The number of halogens is 4. The monoisotopic (exact) mass is 318 g/mol. The van der Waals surface area contributed by atoms with E-state index >= 15 is 0 Å². The minimum absolute atomic E-state index is 0.233. The van der Waals surface area contributed by atoms with E-state index < -0.39 is 11.9 Å². The Labute approximate surface area is 123 Å². The molecular weight excluding hydrogens is 309 g/mol. The van der Waals surface area contributed by atoms with Crippen LogP contribution in [-0.2, 0) is 11.9 Å². The zero-order valence-corrected chi connectivity index (χ0v) is 11.7. The highest BCUT2D eigenvalue weighted by Crippen LogP contribution is 2.34. The molecule has 1 aromatic carbocycles. The molecule has 0 spiro atoms. The van der Waals surface area contributed by atoms with Crippen LogP contribution >= 0.6 is 23.4 Å². The lowest BCUT2D eigenvalue weighted by atomic mass is 10.2. The topological polar surface area (TPSA) is 38.9 Å². The maximum Gasteiger partial charge on any atom is 0.433 e. The molecule has 7 heteroatoms. The quantitative estimate of drug-likeness (QED) is 0.839. The summed E-state index contributed by atoms with van der Waals surface area (Å²) >= 11 is 6.99. The number of thioether (sulfide) groups is 1. The first-order valence-corrected chi connectivity index (χ1v) is 6.92. The number of benzene rings is 1. The summed E-state index contributed by atoms with van der Waals surface area (Å²) in [4.78, 5) is 3.66. The van der Waals surface area contributed by atoms with Crippen molar-refractivity contribution in [3.05, 3.63) is 52.8 Å². The van der Waals surface area contributed by atoms with Crippen LogP contribution in [0.2, 0.25) is 5.02 Å². The molecule has 2 aromatic rings. The molecule has 2 rings (SSSR count). The fourth-order valence-corrected chi connectivity index (χ4v) is 2.52. The van der Waals surface area contributed by atoms with Gasteiger partial charge < -0.3 is 5.73 Å². The maximum absolute atomic E-state index is 12.6. The molecule has 106 valence electrons. The summed E-state index contributed by atoms with van der Waals surface area (Å²) < 4.78 is 37.7. The molecule has 0 saturated carbocycles. The Morgan fingerprint density at radius 2 is 1.85 bits per heavy atom. The van der Waals surface area contributed by atoms with E-state index in [4.69, 9.17) is 17.3 Å². The summed E-state index contributed by atoms with van der Waals surface area (Å²) in [6.45, 7) is 0. The number of hydrogen-bond donors (Lipinski definition) is 1. The third kappa shape index (κ3) is 3.80. The number of nitrogens with zero attached hydrogens (tertiary/aromatic N) is 1. The third-order valence-electron chi connectivity index (χ3n) is 2.49. The molecule has 2 N–H and O–H groups in total. The number of nitrogens with two attached hydrogens (primary N) is 1. The zero-order chi connectivity index (χ0) is 14.8. The predicted octanol–water partition coefficient (Wildman–Crippen LogP) is 4.63. The highest BCUT2D eigenvalue weighted by Gasteiger charge is 2.32. The highest BCUT2D eigenvalue weighted by molar-refractivity contribution is 7.98. The second-order valence-corrected chi connectivity index (χ2v) is 5.47. The number of aromatic nitrogens is 1. The van der Waals surface area contributed by atoms with Crippen molar-refractivity contribution in [2.45, 2.75) is 16.8 Å². The van der Waals surface area contributed by atoms with Crippen LogP contribution in [0.15, 0.2) is 41.4 Å². The van der Waals surface area contributed by atoms with Gasteiger partial charge >= 0.3 is 6.18 Å². The van der Waals surface area contributed by atoms with Crippen molar-refractivity contribution in [1.82, 2.24) is 4.98 Å². The first-order chi connectivity index (χ1) is 9.36. The van der Waals surface area contributed by atoms with Crippen LogP contribution in [0, 0.1) is 0 Å². The molecule has 0 radical (unpaired) electrons. The van der Waals surface area contributed by atoms with E-state index in [9.17, 15) is 13.2 Å². The van der Waals surface area contributed by atoms with Gasteiger partial charge in [-0.25, -0.2) is 4.98 Å². The smallest absolute Gasteiger partial charge is 0.397 e. The first-order valence-electron chi connectivity index (χ1n) is 5.56. The average molecular weight is 319 g/mol. The van der Waals surface area contributed by atoms with E-state index in [2.05, 4.69) is 4.98 Å². The summed E-state index contributed by atoms with van der Waals surface area (Å²) in [5.74, 6) is 0.503. The van der Waals surface area contributed by atoms with Gasteiger partial charge in [-0.1, -0.05) is 23.7 Å². The summed E-state index contributed by atoms with van der Waals surface area (Å²) in [6, 6.07) is 8.06. The van der Waals surface area contributed by atoms with E-state index in [0.29, 0.717) is 15.7 Å². The lowest BCUT2D eigenvalue weighted by Gasteiger charge is -2.10. The van der Waals surface area contributed by atoms with Crippen molar-refractivity contribution in [2.24, 2.45) is 0 Å². The number of nitrogen functional groups attached to an aromatic ring is 1. The molecule has 0 atom stereocenters. The zero-order valence-electron chi connectivity index (χ0n) is 10.1. The predicted molar refractivity (Wildman–Crippen MR) is 74.7 cm³/mol. The number of alkyl halides is 3. The van der Waals surface area contributed by atoms with Crippen molar-refractivity contribution in [2.75, 3.05) is 5.73 Å². The maximum atomic E-state index is 12.6. The SMILES string of the molecule is Nc1cnc(C(F)(F)F)cc1SCc1ccc(Cl)cc1. The summed E-state index contributed by atoms with van der Waals surface area (Å²) in [6.07, 6.45) is -3.43. The van der Waals surface area contributed by atoms with Gasteiger partial charge in [-0.15, -0.1) is 11.8 Å².